The quantitative estimate of drug-likeness (QED) is 0.598. The largest absolute Gasteiger partial charge is 0.355 e. The number of carbonyl (C=O) groups is 2. The molecule has 0 unspecified atom stereocenters. The van der Waals surface area contributed by atoms with Crippen LogP contribution in [0, 0.1) is 19.3 Å². The first-order valence-electron chi connectivity index (χ1n) is 9.52. The second kappa shape index (κ2) is 7.18. The van der Waals surface area contributed by atoms with Crippen LogP contribution in [0.2, 0.25) is 0 Å². The molecule has 2 aromatic rings. The molecule has 1 aliphatic carbocycles. The number of amides is 2. The smallest absolute Gasteiger partial charge is 0.259 e. The highest BCUT2D eigenvalue weighted by atomic mass is 32.1. The fourth-order valence-corrected chi connectivity index (χ4v) is 4.54. The van der Waals surface area contributed by atoms with E-state index in [0.29, 0.717) is 29.9 Å². The summed E-state index contributed by atoms with van der Waals surface area (Å²) in [4.78, 5) is 31.9. The van der Waals surface area contributed by atoms with Gasteiger partial charge in [0.2, 0.25) is 0 Å². The van der Waals surface area contributed by atoms with Crippen molar-refractivity contribution >= 4 is 46.2 Å². The van der Waals surface area contributed by atoms with Crippen molar-refractivity contribution in [3.8, 4) is 0 Å². The molecule has 1 heterocycles. The highest BCUT2D eigenvalue weighted by Gasteiger charge is 2.59. The summed E-state index contributed by atoms with van der Waals surface area (Å²) in [6.07, 6.45) is 2.09. The molecule has 1 N–H and O–H groups in total. The van der Waals surface area contributed by atoms with Crippen LogP contribution in [-0.4, -0.2) is 29.5 Å². The molecular weight excluding hydrogens is 403 g/mol. The Morgan fingerprint density at radius 3 is 2.47 bits per heavy atom. The Labute approximate surface area is 179 Å². The molecule has 1 saturated heterocycles. The maximum atomic E-state index is 14.6. The van der Waals surface area contributed by atoms with E-state index in [9.17, 15) is 14.0 Å². The van der Waals surface area contributed by atoms with Crippen molar-refractivity contribution in [1.82, 2.24) is 5.32 Å². The van der Waals surface area contributed by atoms with E-state index in [2.05, 4.69) is 10.2 Å². The van der Waals surface area contributed by atoms with E-state index in [-0.39, 0.29) is 16.6 Å². The molecule has 4 rings (SSSR count). The molecule has 2 amide bonds. The van der Waals surface area contributed by atoms with Crippen molar-refractivity contribution in [2.24, 2.45) is 0 Å². The van der Waals surface area contributed by atoms with Crippen molar-refractivity contribution in [1.29, 1.82) is 0 Å². The van der Waals surface area contributed by atoms with E-state index in [0.717, 1.165) is 12.0 Å². The van der Waals surface area contributed by atoms with Gasteiger partial charge in [-0.2, -0.15) is 0 Å². The van der Waals surface area contributed by atoms with Crippen LogP contribution in [0.3, 0.4) is 0 Å². The van der Waals surface area contributed by atoms with Gasteiger partial charge in [-0.25, -0.2) is 9.24 Å². The molecule has 6 nitrogen and oxygen atoms in total. The number of halogens is 1. The van der Waals surface area contributed by atoms with Gasteiger partial charge in [0.25, 0.3) is 11.8 Å². The Morgan fingerprint density at radius 1 is 1.23 bits per heavy atom. The maximum Gasteiger partial charge on any atom is 0.259 e. The highest BCUT2D eigenvalue weighted by molar-refractivity contribution is 7.81. The van der Waals surface area contributed by atoms with Gasteiger partial charge < -0.3 is 10.2 Å². The Balaban J connectivity index is 1.78. The minimum absolute atomic E-state index is 0.0671. The number of benzene rings is 2. The molecule has 1 saturated carbocycles. The van der Waals surface area contributed by atoms with Crippen LogP contribution in [0.25, 0.3) is 4.85 Å². The van der Waals surface area contributed by atoms with Gasteiger partial charge in [0, 0.05) is 18.4 Å². The third-order valence-electron chi connectivity index (χ3n) is 5.83. The van der Waals surface area contributed by atoms with Crippen LogP contribution in [0.15, 0.2) is 36.4 Å². The van der Waals surface area contributed by atoms with Gasteiger partial charge in [-0.1, -0.05) is 6.07 Å². The highest BCUT2D eigenvalue weighted by Crippen LogP contribution is 2.48. The summed E-state index contributed by atoms with van der Waals surface area (Å²) in [5, 5.41) is 2.67. The third kappa shape index (κ3) is 2.77. The zero-order valence-electron chi connectivity index (χ0n) is 16.5. The third-order valence-corrected chi connectivity index (χ3v) is 6.20. The fraction of sp³-hybridized carbons (Fsp3) is 0.273. The van der Waals surface area contributed by atoms with Gasteiger partial charge in [0.15, 0.2) is 10.8 Å². The second-order valence-corrected chi connectivity index (χ2v) is 7.83. The van der Waals surface area contributed by atoms with E-state index < -0.39 is 17.3 Å². The first-order valence-corrected chi connectivity index (χ1v) is 9.93. The molecule has 30 heavy (non-hydrogen) atoms. The molecule has 1 aliphatic heterocycles. The van der Waals surface area contributed by atoms with E-state index in [1.165, 1.54) is 24.1 Å². The number of carbonyl (C=O) groups excluding carboxylic acids is 2. The zero-order valence-corrected chi connectivity index (χ0v) is 17.3. The van der Waals surface area contributed by atoms with E-state index >= 15 is 0 Å². The van der Waals surface area contributed by atoms with Crippen LogP contribution >= 0.6 is 12.2 Å². The lowest BCUT2D eigenvalue weighted by molar-refractivity contribution is -0.123. The average Bonchev–Trinajstić information content (AvgIpc) is 2.94. The lowest BCUT2D eigenvalue weighted by Crippen LogP contribution is -2.55. The number of aryl methyl sites for hydroxylation is 1. The molecule has 0 aromatic heterocycles. The Morgan fingerprint density at radius 2 is 1.93 bits per heavy atom. The fourth-order valence-electron chi connectivity index (χ4n) is 4.07. The summed E-state index contributed by atoms with van der Waals surface area (Å²) in [5.41, 5.74) is 1.38. The lowest BCUT2D eigenvalue weighted by Gasteiger charge is -2.43. The molecule has 2 aliphatic rings. The molecule has 152 valence electrons. The van der Waals surface area contributed by atoms with E-state index in [4.69, 9.17) is 18.8 Å². The van der Waals surface area contributed by atoms with Crippen molar-refractivity contribution in [2.45, 2.75) is 31.7 Å². The number of nitrogens with one attached hydrogen (secondary N) is 1. The Hall–Kier alpha value is -3.31. The number of hydrogen-bond donors (Lipinski definition) is 1. The van der Waals surface area contributed by atoms with Crippen LogP contribution in [0.1, 0.15) is 35.2 Å². The molecule has 0 radical (unpaired) electrons. The average molecular weight is 422 g/mol. The minimum atomic E-state index is -0.843. The topological polar surface area (TPSA) is 57.0 Å². The summed E-state index contributed by atoms with van der Waals surface area (Å²) in [5.74, 6) is -1.34. The molecular formula is C22H19FN4O2S. The van der Waals surface area contributed by atoms with E-state index in [1.54, 1.807) is 29.2 Å². The molecule has 8 heteroatoms. The summed E-state index contributed by atoms with van der Waals surface area (Å²) >= 11 is 5.68. The predicted octanol–water partition coefficient (Wildman–Crippen LogP) is 4.11. The monoisotopic (exact) mass is 422 g/mol. The number of anilines is 2. The van der Waals surface area contributed by atoms with Crippen LogP contribution in [0.4, 0.5) is 21.5 Å². The van der Waals surface area contributed by atoms with Crippen LogP contribution in [-0.2, 0) is 4.79 Å². The normalized spacial score (nSPS) is 17.1. The number of nitrogens with zero attached hydrogens (tertiary/aromatic N) is 3. The van der Waals surface area contributed by atoms with Crippen molar-refractivity contribution in [3.63, 3.8) is 0 Å². The molecule has 1 spiro atoms. The van der Waals surface area contributed by atoms with Gasteiger partial charge in [-0.15, -0.1) is 0 Å². The SMILES string of the molecule is [C-]#[N+]c1ccc(N2C(=O)C3(CCC3)N(c3ccc(C(=O)NC)c(F)c3)C2=S)cc1C. The van der Waals surface area contributed by atoms with Gasteiger partial charge in [-0.05, 0) is 74.3 Å². The minimum Gasteiger partial charge on any atom is -0.355 e. The molecule has 2 fully saturated rings. The molecule has 0 bridgehead atoms. The Kier molecular flexibility index (Phi) is 4.79. The maximum absolute atomic E-state index is 14.6. The summed E-state index contributed by atoms with van der Waals surface area (Å²) < 4.78 is 14.6. The number of hydrogen-bond acceptors (Lipinski definition) is 3. The van der Waals surface area contributed by atoms with Gasteiger partial charge in [0.05, 0.1) is 12.1 Å². The van der Waals surface area contributed by atoms with Gasteiger partial charge in [-0.3, -0.25) is 14.5 Å². The summed E-state index contributed by atoms with van der Waals surface area (Å²) in [7, 11) is 1.44. The van der Waals surface area contributed by atoms with Gasteiger partial charge in [0.1, 0.15) is 11.4 Å². The predicted molar refractivity (Wildman–Crippen MR) is 116 cm³/mol. The Bertz CT molecular complexity index is 1140. The van der Waals surface area contributed by atoms with E-state index in [1.807, 2.05) is 6.92 Å². The lowest BCUT2D eigenvalue weighted by atomic mass is 9.75. The zero-order chi connectivity index (χ0) is 21.6. The van der Waals surface area contributed by atoms with Crippen molar-refractivity contribution in [2.75, 3.05) is 16.8 Å². The van der Waals surface area contributed by atoms with Crippen LogP contribution in [0.5, 0.6) is 0 Å². The van der Waals surface area contributed by atoms with Crippen molar-refractivity contribution < 1.29 is 14.0 Å². The summed E-state index contributed by atoms with van der Waals surface area (Å²) in [6, 6.07) is 9.41. The molecule has 0 atom stereocenters. The first kappa shape index (κ1) is 20.0. The number of thiocarbonyl (C=S) groups is 1. The van der Waals surface area contributed by atoms with Crippen LogP contribution < -0.4 is 15.1 Å². The van der Waals surface area contributed by atoms with Crippen molar-refractivity contribution in [3.05, 3.63) is 64.8 Å². The second-order valence-electron chi connectivity index (χ2n) is 7.47. The molecule has 2 aromatic carbocycles. The number of rotatable bonds is 3. The first-order chi connectivity index (χ1) is 14.3. The summed E-state index contributed by atoms with van der Waals surface area (Å²) in [6.45, 7) is 9.03. The van der Waals surface area contributed by atoms with Gasteiger partial charge >= 0.3 is 0 Å². The standard InChI is InChI=1S/C22H19FN4O2S/c1-13-11-14(6-8-18(13)24-2)26-20(29)22(9-4-10-22)27(21(26)30)15-5-7-16(17(23)12-15)19(28)25-3/h5-8,11-12H,4,9-10H2,1,3H3,(H,25,28).